The van der Waals surface area contributed by atoms with Crippen LogP contribution in [0.2, 0.25) is 0 Å². The van der Waals surface area contributed by atoms with Gasteiger partial charge in [0, 0.05) is 24.9 Å². The summed E-state index contributed by atoms with van der Waals surface area (Å²) >= 11 is 0.538. The first kappa shape index (κ1) is 27.4. The number of carbonyl (C=O) groups excluding carboxylic acids is 1. The van der Waals surface area contributed by atoms with Gasteiger partial charge in [0.25, 0.3) is 23.4 Å². The molecule has 0 aliphatic carbocycles. The summed E-state index contributed by atoms with van der Waals surface area (Å²) < 4.78 is 5.32. The molecule has 194 valence electrons. The Hall–Kier alpha value is -3.18. The second-order valence-corrected chi connectivity index (χ2v) is 8.78. The van der Waals surface area contributed by atoms with Crippen molar-refractivity contribution >= 4 is 28.1 Å². The van der Waals surface area contributed by atoms with Gasteiger partial charge in [-0.25, -0.2) is 4.98 Å². The summed E-state index contributed by atoms with van der Waals surface area (Å²) in [6, 6.07) is 13.2. The SMILES string of the molecule is COC(CNC(O)(O)C(O)(O)c1ccc(NC(=O)C(O)(O)c2nc(N)sc2O)cc1)c1ccccc1. The van der Waals surface area contributed by atoms with E-state index in [1.54, 1.807) is 30.3 Å². The number of ether oxygens (including phenoxy) is 1. The average Bonchev–Trinajstić information content (AvgIpc) is 3.19. The van der Waals surface area contributed by atoms with E-state index in [9.17, 15) is 40.5 Å². The summed E-state index contributed by atoms with van der Waals surface area (Å²) in [7, 11) is 1.41. The van der Waals surface area contributed by atoms with Crippen molar-refractivity contribution < 1.29 is 45.3 Å². The second-order valence-electron chi connectivity index (χ2n) is 7.77. The molecule has 1 heterocycles. The number of nitrogen functional groups attached to an aromatic ring is 1. The van der Waals surface area contributed by atoms with Gasteiger partial charge in [0.15, 0.2) is 10.8 Å². The summed E-state index contributed by atoms with van der Waals surface area (Å²) in [6.07, 6.45) is -0.636. The molecule has 0 fully saturated rings. The molecule has 3 aromatic rings. The van der Waals surface area contributed by atoms with Crippen LogP contribution in [0.4, 0.5) is 10.8 Å². The fraction of sp³-hybridized carbons (Fsp3) is 0.273. The Kier molecular flexibility index (Phi) is 7.94. The molecule has 11 N–H and O–H groups in total. The maximum absolute atomic E-state index is 12.3. The second kappa shape index (κ2) is 10.4. The van der Waals surface area contributed by atoms with Crippen molar-refractivity contribution in [3.63, 3.8) is 0 Å². The minimum Gasteiger partial charge on any atom is -0.498 e. The number of nitrogens with one attached hydrogen (secondary N) is 2. The minimum absolute atomic E-state index is 0.0346. The normalized spacial score (nSPS) is 13.4. The molecule has 0 saturated heterocycles. The predicted molar refractivity (Wildman–Crippen MR) is 127 cm³/mol. The number of nitrogens with two attached hydrogens (primary N) is 1. The van der Waals surface area contributed by atoms with E-state index in [0.29, 0.717) is 16.9 Å². The number of methoxy groups -OCH3 is 1. The van der Waals surface area contributed by atoms with E-state index < -0.39 is 40.3 Å². The summed E-state index contributed by atoms with van der Waals surface area (Å²) in [4.78, 5) is 15.9. The van der Waals surface area contributed by atoms with Crippen molar-refractivity contribution in [2.75, 3.05) is 24.7 Å². The first-order valence-corrected chi connectivity index (χ1v) is 11.2. The van der Waals surface area contributed by atoms with Crippen LogP contribution in [-0.2, 0) is 21.1 Å². The van der Waals surface area contributed by atoms with Crippen LogP contribution >= 0.6 is 11.3 Å². The highest BCUT2D eigenvalue weighted by Crippen LogP contribution is 2.35. The van der Waals surface area contributed by atoms with Crippen LogP contribution in [0.25, 0.3) is 0 Å². The van der Waals surface area contributed by atoms with Crippen LogP contribution in [0.15, 0.2) is 54.6 Å². The van der Waals surface area contributed by atoms with Gasteiger partial charge >= 0.3 is 0 Å². The van der Waals surface area contributed by atoms with E-state index in [4.69, 9.17) is 10.5 Å². The zero-order valence-electron chi connectivity index (χ0n) is 18.9. The number of carbonyl (C=O) groups is 1. The molecule has 1 unspecified atom stereocenters. The van der Waals surface area contributed by atoms with Crippen LogP contribution in [0.3, 0.4) is 0 Å². The lowest BCUT2D eigenvalue weighted by Crippen LogP contribution is -2.62. The van der Waals surface area contributed by atoms with Gasteiger partial charge in [0.05, 0.1) is 6.10 Å². The van der Waals surface area contributed by atoms with Gasteiger partial charge in [-0.2, -0.15) is 0 Å². The van der Waals surface area contributed by atoms with Gasteiger partial charge in [0.1, 0.15) is 0 Å². The monoisotopic (exact) mass is 522 g/mol. The molecule has 3 rings (SSSR count). The highest BCUT2D eigenvalue weighted by Gasteiger charge is 2.49. The van der Waals surface area contributed by atoms with Crippen LogP contribution in [0.5, 0.6) is 5.06 Å². The Bertz CT molecular complexity index is 1180. The van der Waals surface area contributed by atoms with Crippen LogP contribution in [0, 0.1) is 0 Å². The molecule has 0 aliphatic rings. The molecule has 0 radical (unpaired) electrons. The number of anilines is 2. The Morgan fingerprint density at radius 1 is 1.06 bits per heavy atom. The third kappa shape index (κ3) is 5.62. The highest BCUT2D eigenvalue weighted by atomic mass is 32.1. The minimum atomic E-state index is -3.23. The molecule has 0 bridgehead atoms. The van der Waals surface area contributed by atoms with E-state index >= 15 is 0 Å². The molecule has 14 heteroatoms. The van der Waals surface area contributed by atoms with Gasteiger partial charge in [-0.1, -0.05) is 53.8 Å². The number of aromatic nitrogens is 1. The van der Waals surface area contributed by atoms with Crippen LogP contribution in [-0.4, -0.2) is 66.2 Å². The number of nitrogens with zero attached hydrogens (tertiary/aromatic N) is 1. The van der Waals surface area contributed by atoms with Crippen molar-refractivity contribution in [3.8, 4) is 5.06 Å². The molecule has 1 amide bonds. The molecule has 0 spiro atoms. The standard InChI is InChI=1S/C22H26N4O9S/c1-35-15(12-5-3-2-4-6-12)11-24-22(33,34)21(31,32)13-7-9-14(10-8-13)25-18(28)20(29,30)16-17(27)36-19(23)26-16/h2-10,15,24,27,29-34H,11H2,1H3,(H2,23,26)(H,25,28). The number of hydrogen-bond donors (Lipinski definition) is 10. The predicted octanol–water partition coefficient (Wildman–Crippen LogP) is -1.04. The Morgan fingerprint density at radius 2 is 1.67 bits per heavy atom. The van der Waals surface area contributed by atoms with E-state index in [1.807, 2.05) is 0 Å². The maximum atomic E-state index is 12.3. The molecule has 0 saturated carbocycles. The van der Waals surface area contributed by atoms with Gasteiger partial charge in [0.2, 0.25) is 5.06 Å². The highest BCUT2D eigenvalue weighted by molar-refractivity contribution is 7.17. The van der Waals surface area contributed by atoms with E-state index in [0.717, 1.165) is 24.3 Å². The lowest BCUT2D eigenvalue weighted by Gasteiger charge is -2.36. The largest absolute Gasteiger partial charge is 0.498 e. The van der Waals surface area contributed by atoms with Gasteiger partial charge in [-0.15, -0.1) is 0 Å². The maximum Gasteiger partial charge on any atom is 0.294 e. The number of amides is 1. The fourth-order valence-corrected chi connectivity index (χ4v) is 3.85. The zero-order valence-corrected chi connectivity index (χ0v) is 19.7. The summed E-state index contributed by atoms with van der Waals surface area (Å²) in [5.41, 5.74) is 4.93. The first-order valence-electron chi connectivity index (χ1n) is 10.3. The molecule has 1 aromatic heterocycles. The smallest absolute Gasteiger partial charge is 0.294 e. The summed E-state index contributed by atoms with van der Waals surface area (Å²) in [5, 5.41) is 75.2. The third-order valence-corrected chi connectivity index (χ3v) is 5.98. The van der Waals surface area contributed by atoms with E-state index in [1.165, 1.54) is 7.11 Å². The summed E-state index contributed by atoms with van der Waals surface area (Å²) in [6.45, 7) is -0.201. The quantitative estimate of drug-likeness (QED) is 0.144. The van der Waals surface area contributed by atoms with Gasteiger partial charge in [-0.3, -0.25) is 10.1 Å². The fourth-order valence-electron chi connectivity index (χ4n) is 3.23. The molecule has 2 aromatic carbocycles. The number of rotatable bonds is 10. The van der Waals surface area contributed by atoms with Gasteiger partial charge < -0.3 is 51.5 Å². The number of hydrogen-bond acceptors (Lipinski definition) is 13. The Balaban J connectivity index is 1.70. The van der Waals surface area contributed by atoms with Crippen molar-refractivity contribution in [3.05, 3.63) is 71.4 Å². The van der Waals surface area contributed by atoms with Crippen molar-refractivity contribution in [2.24, 2.45) is 0 Å². The Labute approximate surface area is 208 Å². The average molecular weight is 523 g/mol. The first-order chi connectivity index (χ1) is 16.8. The van der Waals surface area contributed by atoms with Crippen molar-refractivity contribution in [1.82, 2.24) is 10.3 Å². The molecule has 13 nitrogen and oxygen atoms in total. The zero-order chi connectivity index (χ0) is 26.7. The molecular weight excluding hydrogens is 496 g/mol. The lowest BCUT2D eigenvalue weighted by atomic mass is 10.0. The van der Waals surface area contributed by atoms with E-state index in [2.05, 4.69) is 15.6 Å². The molecule has 0 aliphatic heterocycles. The Morgan fingerprint density at radius 3 is 2.19 bits per heavy atom. The lowest BCUT2D eigenvalue weighted by molar-refractivity contribution is -0.379. The number of aliphatic hydroxyl groups is 6. The van der Waals surface area contributed by atoms with Crippen LogP contribution < -0.4 is 16.4 Å². The third-order valence-electron chi connectivity index (χ3n) is 5.29. The van der Waals surface area contributed by atoms with Crippen molar-refractivity contribution in [1.29, 1.82) is 0 Å². The molecule has 36 heavy (non-hydrogen) atoms. The molecule has 1 atom stereocenters. The van der Waals surface area contributed by atoms with E-state index in [-0.39, 0.29) is 22.9 Å². The number of thiazole rings is 1. The van der Waals surface area contributed by atoms with Crippen molar-refractivity contribution in [2.45, 2.75) is 23.6 Å². The van der Waals surface area contributed by atoms with Gasteiger partial charge in [-0.05, 0) is 17.7 Å². The van der Waals surface area contributed by atoms with Crippen LogP contribution in [0.1, 0.15) is 22.9 Å². The number of aromatic hydroxyl groups is 1. The summed E-state index contributed by atoms with van der Waals surface area (Å²) in [5.74, 6) is -11.1. The number of benzene rings is 2. The topological polar surface area (TPSA) is 231 Å². The molecular formula is C22H26N4O9S.